The van der Waals surface area contributed by atoms with Gasteiger partial charge in [0.25, 0.3) is 0 Å². The first kappa shape index (κ1) is 18.8. The fourth-order valence-electron chi connectivity index (χ4n) is 2.08. The number of hydrogen-bond donors (Lipinski definition) is 2. The third-order valence-electron chi connectivity index (χ3n) is 3.23. The highest BCUT2D eigenvalue weighted by molar-refractivity contribution is 6.33. The van der Waals surface area contributed by atoms with Gasteiger partial charge in [-0.2, -0.15) is 5.01 Å². The smallest absolute Gasteiger partial charge is 0.398 e. The molecule has 0 radical (unpaired) electrons. The van der Waals surface area contributed by atoms with Crippen LogP contribution >= 0.6 is 0 Å². The summed E-state index contributed by atoms with van der Waals surface area (Å²) < 4.78 is 9.88. The van der Waals surface area contributed by atoms with E-state index in [4.69, 9.17) is 4.74 Å². The Balaban J connectivity index is 2.30. The molecular formula is C18H19N3O5. The fourth-order valence-corrected chi connectivity index (χ4v) is 2.08. The zero-order chi connectivity index (χ0) is 18.9. The average molecular weight is 357 g/mol. The van der Waals surface area contributed by atoms with E-state index in [1.54, 1.807) is 61.5 Å². The highest BCUT2D eigenvalue weighted by Gasteiger charge is 2.25. The van der Waals surface area contributed by atoms with Crippen molar-refractivity contribution in [2.24, 2.45) is 0 Å². The van der Waals surface area contributed by atoms with Crippen LogP contribution < -0.4 is 20.5 Å². The molecule has 26 heavy (non-hydrogen) atoms. The number of hydrazine groups is 1. The molecule has 0 aliphatic heterocycles. The van der Waals surface area contributed by atoms with Gasteiger partial charge in [-0.3, -0.25) is 4.79 Å². The summed E-state index contributed by atoms with van der Waals surface area (Å²) in [6.07, 6.45) is 0. The monoisotopic (exact) mass is 357 g/mol. The van der Waals surface area contributed by atoms with Crippen LogP contribution in [-0.4, -0.2) is 31.6 Å². The summed E-state index contributed by atoms with van der Waals surface area (Å²) in [5.41, 5.74) is 3.01. The van der Waals surface area contributed by atoms with Crippen molar-refractivity contribution < 1.29 is 23.9 Å². The number of anilines is 2. The standard InChI is InChI=1S/C18H19N3O5/c1-3-26-17(23)16(22)20-21(14-11-7-8-12-15(14)25-2)18(24)19-13-9-5-4-6-10-13/h4-12H,3H2,1-2H3,(H,19,24)(H,20,22). The Bertz CT molecular complexity index is 779. The van der Waals surface area contributed by atoms with E-state index in [1.807, 2.05) is 0 Å². The lowest BCUT2D eigenvalue weighted by Gasteiger charge is -2.24. The molecule has 3 amide bonds. The summed E-state index contributed by atoms with van der Waals surface area (Å²) in [6.45, 7) is 1.61. The lowest BCUT2D eigenvalue weighted by Crippen LogP contribution is -2.51. The Morgan fingerprint density at radius 2 is 1.65 bits per heavy atom. The van der Waals surface area contributed by atoms with E-state index in [2.05, 4.69) is 15.5 Å². The van der Waals surface area contributed by atoms with Gasteiger partial charge < -0.3 is 14.8 Å². The number of urea groups is 1. The van der Waals surface area contributed by atoms with Gasteiger partial charge in [0.05, 0.1) is 13.7 Å². The van der Waals surface area contributed by atoms with E-state index in [0.717, 1.165) is 5.01 Å². The molecule has 2 aromatic carbocycles. The predicted octanol–water partition coefficient (Wildman–Crippen LogP) is 2.33. The van der Waals surface area contributed by atoms with Gasteiger partial charge >= 0.3 is 17.9 Å². The second-order valence-corrected chi connectivity index (χ2v) is 4.96. The summed E-state index contributed by atoms with van der Waals surface area (Å²) in [5.74, 6) is -1.85. The Kier molecular flexibility index (Phi) is 6.55. The number of para-hydroxylation sites is 3. The molecule has 8 nitrogen and oxygen atoms in total. The number of carbonyl (C=O) groups is 3. The molecule has 0 heterocycles. The maximum atomic E-state index is 12.7. The van der Waals surface area contributed by atoms with Crippen LogP contribution in [0, 0.1) is 0 Å². The van der Waals surface area contributed by atoms with Crippen molar-refractivity contribution >= 4 is 29.3 Å². The van der Waals surface area contributed by atoms with Gasteiger partial charge in [0, 0.05) is 5.69 Å². The van der Waals surface area contributed by atoms with Crippen LogP contribution in [0.3, 0.4) is 0 Å². The molecular weight excluding hydrogens is 338 g/mol. The quantitative estimate of drug-likeness (QED) is 0.497. The molecule has 8 heteroatoms. The van der Waals surface area contributed by atoms with Crippen LogP contribution in [0.4, 0.5) is 16.2 Å². The number of amides is 3. The van der Waals surface area contributed by atoms with Crippen molar-refractivity contribution in [3.63, 3.8) is 0 Å². The first-order valence-corrected chi connectivity index (χ1v) is 7.83. The number of carbonyl (C=O) groups excluding carboxylic acids is 3. The molecule has 0 aromatic heterocycles. The Morgan fingerprint density at radius 3 is 2.31 bits per heavy atom. The van der Waals surface area contributed by atoms with Crippen molar-refractivity contribution in [1.82, 2.24) is 5.43 Å². The molecule has 136 valence electrons. The molecule has 0 saturated heterocycles. The number of nitrogens with one attached hydrogen (secondary N) is 2. The molecule has 0 unspecified atom stereocenters. The molecule has 0 aliphatic rings. The molecule has 0 bridgehead atoms. The number of nitrogens with zero attached hydrogens (tertiary/aromatic N) is 1. The van der Waals surface area contributed by atoms with Crippen LogP contribution in [0.2, 0.25) is 0 Å². The molecule has 2 N–H and O–H groups in total. The fraction of sp³-hybridized carbons (Fsp3) is 0.167. The number of methoxy groups -OCH3 is 1. The highest BCUT2D eigenvalue weighted by atomic mass is 16.5. The van der Waals surface area contributed by atoms with Gasteiger partial charge in [-0.15, -0.1) is 0 Å². The van der Waals surface area contributed by atoms with Crippen LogP contribution in [0.1, 0.15) is 6.92 Å². The third-order valence-corrected chi connectivity index (χ3v) is 3.23. The minimum atomic E-state index is -1.10. The van der Waals surface area contributed by atoms with E-state index in [0.29, 0.717) is 11.4 Å². The largest absolute Gasteiger partial charge is 0.494 e. The summed E-state index contributed by atoms with van der Waals surface area (Å²) in [4.78, 5) is 36.3. The molecule has 0 spiro atoms. The number of ether oxygens (including phenoxy) is 2. The summed E-state index contributed by atoms with van der Waals surface area (Å²) in [7, 11) is 1.43. The first-order valence-electron chi connectivity index (χ1n) is 7.83. The Labute approximate surface area is 150 Å². The number of benzene rings is 2. The Hall–Kier alpha value is -3.55. The Morgan fingerprint density at radius 1 is 1.00 bits per heavy atom. The van der Waals surface area contributed by atoms with Crippen LogP contribution in [0.25, 0.3) is 0 Å². The van der Waals surface area contributed by atoms with Gasteiger partial charge in [0.15, 0.2) is 0 Å². The van der Waals surface area contributed by atoms with Gasteiger partial charge in [-0.05, 0) is 31.2 Å². The normalized spacial score (nSPS) is 9.77. The number of esters is 1. The van der Waals surface area contributed by atoms with Crippen molar-refractivity contribution in [3.05, 3.63) is 54.6 Å². The minimum absolute atomic E-state index is 0.0388. The lowest BCUT2D eigenvalue weighted by atomic mass is 10.3. The van der Waals surface area contributed by atoms with Crippen molar-refractivity contribution in [3.8, 4) is 5.75 Å². The zero-order valence-corrected chi connectivity index (χ0v) is 14.4. The van der Waals surface area contributed by atoms with Crippen molar-refractivity contribution in [1.29, 1.82) is 0 Å². The number of hydrogen-bond acceptors (Lipinski definition) is 5. The summed E-state index contributed by atoms with van der Waals surface area (Å²) in [6, 6.07) is 14.6. The molecule has 0 fully saturated rings. The molecule has 2 aromatic rings. The third kappa shape index (κ3) is 4.73. The van der Waals surface area contributed by atoms with E-state index in [1.165, 1.54) is 7.11 Å². The minimum Gasteiger partial charge on any atom is -0.494 e. The maximum absolute atomic E-state index is 12.7. The van der Waals surface area contributed by atoms with Crippen LogP contribution in [-0.2, 0) is 14.3 Å². The van der Waals surface area contributed by atoms with E-state index in [9.17, 15) is 14.4 Å². The highest BCUT2D eigenvalue weighted by Crippen LogP contribution is 2.27. The topological polar surface area (TPSA) is 97.0 Å². The lowest BCUT2D eigenvalue weighted by molar-refractivity contribution is -0.154. The predicted molar refractivity (Wildman–Crippen MR) is 95.7 cm³/mol. The van der Waals surface area contributed by atoms with E-state index in [-0.39, 0.29) is 12.3 Å². The second kappa shape index (κ2) is 9.07. The van der Waals surface area contributed by atoms with E-state index >= 15 is 0 Å². The van der Waals surface area contributed by atoms with Gasteiger partial charge in [-0.1, -0.05) is 30.3 Å². The molecule has 0 saturated carbocycles. The summed E-state index contributed by atoms with van der Waals surface area (Å²) >= 11 is 0. The zero-order valence-electron chi connectivity index (χ0n) is 14.4. The first-order chi connectivity index (χ1) is 12.6. The van der Waals surface area contributed by atoms with Crippen molar-refractivity contribution in [2.75, 3.05) is 24.0 Å². The van der Waals surface area contributed by atoms with E-state index < -0.39 is 17.9 Å². The average Bonchev–Trinajstić information content (AvgIpc) is 2.66. The maximum Gasteiger partial charge on any atom is 0.398 e. The van der Waals surface area contributed by atoms with Crippen LogP contribution in [0.15, 0.2) is 54.6 Å². The molecule has 0 atom stereocenters. The molecule has 0 aliphatic carbocycles. The molecule has 2 rings (SSSR count). The number of rotatable bonds is 4. The van der Waals surface area contributed by atoms with Crippen molar-refractivity contribution in [2.45, 2.75) is 6.92 Å². The van der Waals surface area contributed by atoms with Gasteiger partial charge in [0.1, 0.15) is 11.4 Å². The van der Waals surface area contributed by atoms with Gasteiger partial charge in [0.2, 0.25) is 0 Å². The second-order valence-electron chi connectivity index (χ2n) is 4.96. The van der Waals surface area contributed by atoms with Crippen LogP contribution in [0.5, 0.6) is 5.75 Å². The van der Waals surface area contributed by atoms with Gasteiger partial charge in [-0.25, -0.2) is 15.0 Å². The summed E-state index contributed by atoms with van der Waals surface area (Å²) in [5, 5.41) is 3.53. The SMILES string of the molecule is CCOC(=O)C(=O)NN(C(=O)Nc1ccccc1)c1ccccc1OC.